The quantitative estimate of drug-likeness (QED) is 0.716. The molecule has 2 heterocycles. The first-order valence-electron chi connectivity index (χ1n) is 8.13. The molecule has 0 radical (unpaired) electrons. The third-order valence-corrected chi connectivity index (χ3v) is 4.02. The molecule has 0 bridgehead atoms. The van der Waals surface area contributed by atoms with Crippen molar-refractivity contribution >= 4 is 5.91 Å². The highest BCUT2D eigenvalue weighted by Crippen LogP contribution is 2.13. The van der Waals surface area contributed by atoms with Crippen LogP contribution >= 0.6 is 0 Å². The van der Waals surface area contributed by atoms with Crippen LogP contribution in [-0.2, 0) is 20.7 Å². The first kappa shape index (κ1) is 17.0. The van der Waals surface area contributed by atoms with Gasteiger partial charge in [-0.3, -0.25) is 9.89 Å². The summed E-state index contributed by atoms with van der Waals surface area (Å²) >= 11 is 0. The SMILES string of the molecule is Cc1n[nH]c(C)c1CCCNC(=O)COC[C@H]1CCCCO1. The second-order valence-electron chi connectivity index (χ2n) is 5.87. The summed E-state index contributed by atoms with van der Waals surface area (Å²) in [5.74, 6) is -0.0588. The van der Waals surface area contributed by atoms with Crippen molar-refractivity contribution in [3.05, 3.63) is 17.0 Å². The lowest BCUT2D eigenvalue weighted by atomic mass is 10.1. The molecule has 6 heteroatoms. The van der Waals surface area contributed by atoms with Crippen molar-refractivity contribution in [2.45, 2.75) is 52.1 Å². The van der Waals surface area contributed by atoms with Gasteiger partial charge in [0.2, 0.25) is 5.91 Å². The molecule has 2 N–H and O–H groups in total. The Morgan fingerprint density at radius 3 is 3.00 bits per heavy atom. The second-order valence-corrected chi connectivity index (χ2v) is 5.87. The Kier molecular flexibility index (Phi) is 6.86. The van der Waals surface area contributed by atoms with Gasteiger partial charge in [-0.15, -0.1) is 0 Å². The minimum Gasteiger partial charge on any atom is -0.376 e. The smallest absolute Gasteiger partial charge is 0.245 e. The minimum absolute atomic E-state index is 0.0588. The van der Waals surface area contributed by atoms with Crippen molar-refractivity contribution in [1.82, 2.24) is 15.5 Å². The van der Waals surface area contributed by atoms with Crippen LogP contribution in [0, 0.1) is 13.8 Å². The maximum absolute atomic E-state index is 11.7. The number of ether oxygens (including phenoxy) is 2. The van der Waals surface area contributed by atoms with Crippen molar-refractivity contribution < 1.29 is 14.3 Å². The molecule has 6 nitrogen and oxygen atoms in total. The summed E-state index contributed by atoms with van der Waals surface area (Å²) in [7, 11) is 0. The number of aromatic nitrogens is 2. The number of carbonyl (C=O) groups excluding carboxylic acids is 1. The number of carbonyl (C=O) groups is 1. The summed E-state index contributed by atoms with van der Waals surface area (Å²) in [5, 5.41) is 10.0. The lowest BCUT2D eigenvalue weighted by molar-refractivity contribution is -0.127. The van der Waals surface area contributed by atoms with E-state index in [-0.39, 0.29) is 18.6 Å². The Hall–Kier alpha value is -1.40. The van der Waals surface area contributed by atoms with Crippen LogP contribution in [0.15, 0.2) is 0 Å². The third kappa shape index (κ3) is 5.42. The van der Waals surface area contributed by atoms with E-state index >= 15 is 0 Å². The van der Waals surface area contributed by atoms with Crippen LogP contribution in [0.3, 0.4) is 0 Å². The van der Waals surface area contributed by atoms with E-state index in [1.807, 2.05) is 13.8 Å². The number of hydrogen-bond donors (Lipinski definition) is 2. The Morgan fingerprint density at radius 2 is 2.32 bits per heavy atom. The van der Waals surface area contributed by atoms with E-state index in [4.69, 9.17) is 9.47 Å². The minimum atomic E-state index is -0.0588. The fraction of sp³-hybridized carbons (Fsp3) is 0.750. The standard InChI is InChI=1S/C16H27N3O3/c1-12-15(13(2)19-18-12)7-5-8-17-16(20)11-21-10-14-6-3-4-9-22-14/h14H,3-11H2,1-2H3,(H,17,20)(H,18,19)/t14-/m1/s1. The van der Waals surface area contributed by atoms with Crippen LogP contribution in [0.25, 0.3) is 0 Å². The van der Waals surface area contributed by atoms with Crippen molar-refractivity contribution in [3.63, 3.8) is 0 Å². The predicted octanol–water partition coefficient (Wildman–Crippen LogP) is 1.66. The largest absolute Gasteiger partial charge is 0.376 e. The first-order chi connectivity index (χ1) is 10.7. The molecule has 124 valence electrons. The van der Waals surface area contributed by atoms with Crippen molar-refractivity contribution in [2.24, 2.45) is 0 Å². The summed E-state index contributed by atoms with van der Waals surface area (Å²) in [6, 6.07) is 0. The molecule has 1 aromatic heterocycles. The number of aryl methyl sites for hydroxylation is 2. The molecule has 1 amide bonds. The van der Waals surface area contributed by atoms with Crippen molar-refractivity contribution in [2.75, 3.05) is 26.4 Å². The van der Waals surface area contributed by atoms with Gasteiger partial charge in [0.15, 0.2) is 0 Å². The van der Waals surface area contributed by atoms with Gasteiger partial charge in [0.1, 0.15) is 6.61 Å². The fourth-order valence-corrected chi connectivity index (χ4v) is 2.71. The molecule has 1 aromatic rings. The van der Waals surface area contributed by atoms with Gasteiger partial charge in [0, 0.05) is 18.8 Å². The van der Waals surface area contributed by atoms with E-state index in [0.717, 1.165) is 43.7 Å². The van der Waals surface area contributed by atoms with E-state index in [1.165, 1.54) is 12.0 Å². The van der Waals surface area contributed by atoms with Crippen LogP contribution in [0.5, 0.6) is 0 Å². The highest BCUT2D eigenvalue weighted by molar-refractivity contribution is 5.77. The molecule has 1 saturated heterocycles. The summed E-state index contributed by atoms with van der Waals surface area (Å²) < 4.78 is 11.0. The molecule has 1 atom stereocenters. The summed E-state index contributed by atoms with van der Waals surface area (Å²) in [6.45, 7) is 6.12. The van der Waals surface area contributed by atoms with Gasteiger partial charge in [-0.1, -0.05) is 0 Å². The zero-order chi connectivity index (χ0) is 15.8. The van der Waals surface area contributed by atoms with E-state index < -0.39 is 0 Å². The monoisotopic (exact) mass is 309 g/mol. The van der Waals surface area contributed by atoms with E-state index in [2.05, 4.69) is 15.5 Å². The van der Waals surface area contributed by atoms with Crippen LogP contribution < -0.4 is 5.32 Å². The summed E-state index contributed by atoms with van der Waals surface area (Å²) in [5.41, 5.74) is 3.40. The first-order valence-corrected chi connectivity index (χ1v) is 8.13. The van der Waals surface area contributed by atoms with Gasteiger partial charge < -0.3 is 14.8 Å². The van der Waals surface area contributed by atoms with Crippen molar-refractivity contribution in [3.8, 4) is 0 Å². The van der Waals surface area contributed by atoms with E-state index in [9.17, 15) is 4.79 Å². The Morgan fingerprint density at radius 1 is 1.45 bits per heavy atom. The molecule has 0 saturated carbocycles. The van der Waals surface area contributed by atoms with Gasteiger partial charge >= 0.3 is 0 Å². The van der Waals surface area contributed by atoms with Gasteiger partial charge in [0.05, 0.1) is 18.4 Å². The average Bonchev–Trinajstić information content (AvgIpc) is 2.84. The van der Waals surface area contributed by atoms with Crippen LogP contribution in [0.2, 0.25) is 0 Å². The molecule has 0 spiro atoms. The van der Waals surface area contributed by atoms with Gasteiger partial charge in [0.25, 0.3) is 0 Å². The lowest BCUT2D eigenvalue weighted by Crippen LogP contribution is -2.31. The maximum atomic E-state index is 11.7. The maximum Gasteiger partial charge on any atom is 0.245 e. The number of H-pyrrole nitrogens is 1. The van der Waals surface area contributed by atoms with Gasteiger partial charge in [-0.2, -0.15) is 5.10 Å². The number of aromatic amines is 1. The van der Waals surface area contributed by atoms with Gasteiger partial charge in [-0.25, -0.2) is 0 Å². The van der Waals surface area contributed by atoms with Crippen molar-refractivity contribution in [1.29, 1.82) is 0 Å². The molecule has 1 fully saturated rings. The number of nitrogens with one attached hydrogen (secondary N) is 2. The topological polar surface area (TPSA) is 76.2 Å². The lowest BCUT2D eigenvalue weighted by Gasteiger charge is -2.22. The molecule has 1 aliphatic heterocycles. The zero-order valence-electron chi connectivity index (χ0n) is 13.6. The fourth-order valence-electron chi connectivity index (χ4n) is 2.71. The molecular formula is C16H27N3O3. The van der Waals surface area contributed by atoms with Crippen LogP contribution in [-0.4, -0.2) is 48.6 Å². The molecular weight excluding hydrogens is 282 g/mol. The molecule has 1 aliphatic rings. The van der Waals surface area contributed by atoms with Crippen LogP contribution in [0.1, 0.15) is 42.6 Å². The van der Waals surface area contributed by atoms with Gasteiger partial charge in [-0.05, 0) is 51.5 Å². The average molecular weight is 309 g/mol. The Balaban J connectivity index is 1.52. The predicted molar refractivity (Wildman–Crippen MR) is 83.8 cm³/mol. The molecule has 0 aromatic carbocycles. The molecule has 0 aliphatic carbocycles. The Labute approximate surface area is 132 Å². The summed E-state index contributed by atoms with van der Waals surface area (Å²) in [6.07, 6.45) is 5.34. The highest BCUT2D eigenvalue weighted by Gasteiger charge is 2.14. The van der Waals surface area contributed by atoms with E-state index in [1.54, 1.807) is 0 Å². The number of hydrogen-bond acceptors (Lipinski definition) is 4. The second kappa shape index (κ2) is 8.90. The number of nitrogens with zero attached hydrogens (tertiary/aromatic N) is 1. The normalized spacial score (nSPS) is 18.4. The highest BCUT2D eigenvalue weighted by atomic mass is 16.5. The molecule has 22 heavy (non-hydrogen) atoms. The van der Waals surface area contributed by atoms with E-state index in [0.29, 0.717) is 13.2 Å². The number of rotatable bonds is 8. The summed E-state index contributed by atoms with van der Waals surface area (Å²) in [4.78, 5) is 11.7. The third-order valence-electron chi connectivity index (χ3n) is 4.02. The molecule has 0 unspecified atom stereocenters. The Bertz CT molecular complexity index is 448. The number of amides is 1. The van der Waals surface area contributed by atoms with Crippen LogP contribution in [0.4, 0.5) is 0 Å². The zero-order valence-corrected chi connectivity index (χ0v) is 13.6. The molecule has 2 rings (SSSR count).